The monoisotopic (exact) mass is 474 g/mol. The maximum Gasteiger partial charge on any atom is 0.408 e. The highest BCUT2D eigenvalue weighted by atomic mass is 19.4. The van der Waals surface area contributed by atoms with Gasteiger partial charge in [-0.15, -0.1) is 0 Å². The van der Waals surface area contributed by atoms with Crippen LogP contribution in [-0.4, -0.2) is 70.2 Å². The first-order chi connectivity index (χ1) is 16.3. The number of ether oxygens (including phenoxy) is 1. The van der Waals surface area contributed by atoms with Crippen molar-refractivity contribution in [3.8, 4) is 11.4 Å². The Kier molecular flexibility index (Phi) is 5.54. The van der Waals surface area contributed by atoms with Gasteiger partial charge in [-0.05, 0) is 37.3 Å². The summed E-state index contributed by atoms with van der Waals surface area (Å²) in [7, 11) is 1.62. The molecule has 0 radical (unpaired) electrons. The van der Waals surface area contributed by atoms with Crippen molar-refractivity contribution in [2.75, 3.05) is 38.3 Å². The second kappa shape index (κ2) is 8.42. The standard InChI is InChI=1S/C22H25F3N8O/c1-27-14(2-6-26)16-10-17(32-8-4-21(5-9-32)12-34-13-21)20-19(29-16)18(15-3-7-28-30-15)31-33(20)11-22(23,24)25/h2-3,6-7,10H,4-5,8-9,11-13,26H2,1H3,(H,28,30). The zero-order chi connectivity index (χ0) is 23.9. The van der Waals surface area contributed by atoms with Crippen LogP contribution < -0.4 is 10.6 Å². The van der Waals surface area contributed by atoms with E-state index in [0.29, 0.717) is 52.6 Å². The van der Waals surface area contributed by atoms with Gasteiger partial charge in [-0.3, -0.25) is 14.8 Å². The van der Waals surface area contributed by atoms with Crippen molar-refractivity contribution in [3.05, 3.63) is 36.3 Å². The van der Waals surface area contributed by atoms with Gasteiger partial charge in [-0.25, -0.2) is 4.98 Å². The van der Waals surface area contributed by atoms with Gasteiger partial charge in [-0.1, -0.05) is 0 Å². The van der Waals surface area contributed by atoms with Crippen molar-refractivity contribution in [2.45, 2.75) is 25.6 Å². The van der Waals surface area contributed by atoms with Gasteiger partial charge in [-0.2, -0.15) is 23.4 Å². The molecular formula is C22H25F3N8O. The molecule has 1 spiro atoms. The van der Waals surface area contributed by atoms with Crippen LogP contribution in [0, 0.1) is 5.41 Å². The lowest BCUT2D eigenvalue weighted by molar-refractivity contribution is -0.141. The van der Waals surface area contributed by atoms with Gasteiger partial charge >= 0.3 is 6.18 Å². The molecule has 2 saturated heterocycles. The molecule has 5 rings (SSSR count). The van der Waals surface area contributed by atoms with E-state index in [-0.39, 0.29) is 5.41 Å². The van der Waals surface area contributed by atoms with Crippen molar-refractivity contribution in [1.29, 1.82) is 0 Å². The molecule has 2 aliphatic heterocycles. The minimum Gasteiger partial charge on any atom is -0.405 e. The fraction of sp³-hybridized carbons (Fsp3) is 0.455. The van der Waals surface area contributed by atoms with Crippen molar-refractivity contribution < 1.29 is 17.9 Å². The molecule has 5 heterocycles. The number of halogens is 3. The lowest BCUT2D eigenvalue weighted by atomic mass is 9.77. The average molecular weight is 474 g/mol. The first-order valence-corrected chi connectivity index (χ1v) is 11.0. The Bertz CT molecular complexity index is 1230. The number of fused-ring (bicyclic) bond motifs is 1. The quantitative estimate of drug-likeness (QED) is 0.551. The van der Waals surface area contributed by atoms with E-state index in [0.717, 1.165) is 30.7 Å². The van der Waals surface area contributed by atoms with E-state index in [2.05, 4.69) is 25.2 Å². The molecule has 3 aromatic heterocycles. The lowest BCUT2D eigenvalue weighted by Gasteiger charge is -2.48. The van der Waals surface area contributed by atoms with Crippen LogP contribution in [-0.2, 0) is 11.3 Å². The molecule has 0 bridgehead atoms. The van der Waals surface area contributed by atoms with E-state index in [9.17, 15) is 13.2 Å². The third-order valence-corrected chi connectivity index (χ3v) is 6.50. The summed E-state index contributed by atoms with van der Waals surface area (Å²) in [4.78, 5) is 11.1. The van der Waals surface area contributed by atoms with Crippen LogP contribution in [0.4, 0.5) is 18.9 Å². The first kappa shape index (κ1) is 22.4. The van der Waals surface area contributed by atoms with E-state index < -0.39 is 12.7 Å². The number of pyridine rings is 1. The van der Waals surface area contributed by atoms with Gasteiger partial charge in [0, 0.05) is 31.7 Å². The molecule has 0 saturated carbocycles. The van der Waals surface area contributed by atoms with Crippen LogP contribution in [0.2, 0.25) is 0 Å². The Morgan fingerprint density at radius 1 is 1.32 bits per heavy atom. The minimum atomic E-state index is -4.45. The summed E-state index contributed by atoms with van der Waals surface area (Å²) in [5, 5.41) is 11.1. The fourth-order valence-electron chi connectivity index (χ4n) is 4.66. The Morgan fingerprint density at radius 3 is 2.65 bits per heavy atom. The molecular weight excluding hydrogens is 449 g/mol. The maximum atomic E-state index is 13.5. The summed E-state index contributed by atoms with van der Waals surface area (Å²) in [6, 6.07) is 3.44. The van der Waals surface area contributed by atoms with Crippen LogP contribution in [0.3, 0.4) is 0 Å². The van der Waals surface area contributed by atoms with E-state index in [1.165, 1.54) is 12.4 Å². The van der Waals surface area contributed by atoms with Crippen molar-refractivity contribution in [3.63, 3.8) is 0 Å². The number of anilines is 1. The van der Waals surface area contributed by atoms with Gasteiger partial charge in [0.05, 0.1) is 36.0 Å². The van der Waals surface area contributed by atoms with E-state index in [4.69, 9.17) is 15.5 Å². The van der Waals surface area contributed by atoms with Crippen LogP contribution in [0.25, 0.3) is 22.4 Å². The summed E-state index contributed by atoms with van der Waals surface area (Å²) < 4.78 is 47.0. The van der Waals surface area contributed by atoms with E-state index in [1.807, 2.05) is 0 Å². The largest absolute Gasteiger partial charge is 0.408 e. The van der Waals surface area contributed by atoms with Gasteiger partial charge < -0.3 is 15.4 Å². The number of hydrogen-bond acceptors (Lipinski definition) is 7. The number of nitrogens with zero attached hydrogens (tertiary/aromatic N) is 6. The summed E-state index contributed by atoms with van der Waals surface area (Å²) in [5.41, 5.74) is 8.91. The third-order valence-electron chi connectivity index (χ3n) is 6.50. The van der Waals surface area contributed by atoms with E-state index in [1.54, 1.807) is 25.3 Å². The average Bonchev–Trinajstić information content (AvgIpc) is 3.43. The Labute approximate surface area is 193 Å². The number of hydrogen-bond donors (Lipinski definition) is 2. The number of nitrogens with two attached hydrogens (primary N) is 1. The molecule has 3 N–H and O–H groups in total. The normalized spacial score (nSPS) is 18.8. The lowest BCUT2D eigenvalue weighted by Crippen LogP contribution is -2.51. The number of rotatable bonds is 5. The molecule has 9 nitrogen and oxygen atoms in total. The van der Waals surface area contributed by atoms with Gasteiger partial charge in [0.25, 0.3) is 0 Å². The highest BCUT2D eigenvalue weighted by Gasteiger charge is 2.42. The number of piperidine rings is 1. The second-order valence-electron chi connectivity index (χ2n) is 8.76. The predicted octanol–water partition coefficient (Wildman–Crippen LogP) is 2.89. The van der Waals surface area contributed by atoms with Crippen molar-refractivity contribution >= 4 is 22.4 Å². The van der Waals surface area contributed by atoms with E-state index >= 15 is 0 Å². The second-order valence-corrected chi connectivity index (χ2v) is 8.76. The molecule has 34 heavy (non-hydrogen) atoms. The number of allylic oxidation sites excluding steroid dienone is 1. The van der Waals surface area contributed by atoms with Crippen LogP contribution in [0.5, 0.6) is 0 Å². The van der Waals surface area contributed by atoms with Crippen LogP contribution >= 0.6 is 0 Å². The molecule has 0 aromatic carbocycles. The predicted molar refractivity (Wildman–Crippen MR) is 122 cm³/mol. The smallest absolute Gasteiger partial charge is 0.405 e. The minimum absolute atomic E-state index is 0.178. The molecule has 0 amide bonds. The molecule has 2 aliphatic rings. The zero-order valence-electron chi connectivity index (χ0n) is 18.6. The number of aromatic amines is 1. The molecule has 12 heteroatoms. The van der Waals surface area contributed by atoms with Crippen molar-refractivity contribution in [1.82, 2.24) is 25.0 Å². The zero-order valence-corrected chi connectivity index (χ0v) is 18.6. The number of nitrogens with one attached hydrogen (secondary N) is 1. The Hall–Kier alpha value is -3.41. The SMILES string of the molecule is CN=C(C=CN)c1cc(N2CCC3(CC2)COC3)c2c(n1)c(-c1ccn[nH]1)nn2CC(F)(F)F. The summed E-state index contributed by atoms with van der Waals surface area (Å²) >= 11 is 0. The number of aromatic nitrogens is 5. The molecule has 0 unspecified atom stereocenters. The molecule has 3 aromatic rings. The van der Waals surface area contributed by atoms with Gasteiger partial charge in [0.2, 0.25) is 0 Å². The number of alkyl halides is 3. The summed E-state index contributed by atoms with van der Waals surface area (Å²) in [6.07, 6.45) is 1.86. The van der Waals surface area contributed by atoms with Gasteiger partial charge in [0.15, 0.2) is 0 Å². The first-order valence-electron chi connectivity index (χ1n) is 11.0. The Balaban J connectivity index is 1.71. The third kappa shape index (κ3) is 4.02. The van der Waals surface area contributed by atoms with Gasteiger partial charge in [0.1, 0.15) is 23.3 Å². The molecule has 2 fully saturated rings. The topological polar surface area (TPSA) is 110 Å². The van der Waals surface area contributed by atoms with Crippen molar-refractivity contribution in [2.24, 2.45) is 16.1 Å². The summed E-state index contributed by atoms with van der Waals surface area (Å²) in [5.74, 6) is 0. The maximum absolute atomic E-state index is 13.5. The highest BCUT2D eigenvalue weighted by Crippen LogP contribution is 2.42. The molecule has 0 atom stereocenters. The number of H-pyrrole nitrogens is 1. The van der Waals surface area contributed by atoms with Crippen LogP contribution in [0.1, 0.15) is 18.5 Å². The fourth-order valence-corrected chi connectivity index (χ4v) is 4.66. The highest BCUT2D eigenvalue weighted by molar-refractivity contribution is 6.10. The Morgan fingerprint density at radius 2 is 2.09 bits per heavy atom. The van der Waals surface area contributed by atoms with Crippen LogP contribution in [0.15, 0.2) is 35.6 Å². The molecule has 180 valence electrons. The number of aliphatic imine (C=N–C) groups is 1. The molecule has 0 aliphatic carbocycles. The summed E-state index contributed by atoms with van der Waals surface area (Å²) in [6.45, 7) is 1.64.